The quantitative estimate of drug-likeness (QED) is 0.700. The summed E-state index contributed by atoms with van der Waals surface area (Å²) in [6.07, 6.45) is 0. The van der Waals surface area contributed by atoms with Gasteiger partial charge in [-0.05, 0) is 12.1 Å². The van der Waals surface area contributed by atoms with E-state index in [1.165, 1.54) is 6.07 Å². The zero-order valence-corrected chi connectivity index (χ0v) is 9.14. The third-order valence-electron chi connectivity index (χ3n) is 2.65. The van der Waals surface area contributed by atoms with Gasteiger partial charge in [0.2, 0.25) is 0 Å². The van der Waals surface area contributed by atoms with Gasteiger partial charge in [0.15, 0.2) is 17.2 Å². The van der Waals surface area contributed by atoms with Crippen molar-refractivity contribution in [3.63, 3.8) is 0 Å². The molecule has 5 heteroatoms. The SMILES string of the molecule is Cn1nc(N)cc1-c1cc2cccc(F)c2o1. The van der Waals surface area contributed by atoms with E-state index in [0.29, 0.717) is 11.6 Å². The van der Waals surface area contributed by atoms with E-state index in [1.807, 2.05) is 0 Å². The Balaban J connectivity index is 2.25. The van der Waals surface area contributed by atoms with Crippen LogP contribution in [-0.4, -0.2) is 9.78 Å². The van der Waals surface area contributed by atoms with Crippen LogP contribution in [0.25, 0.3) is 22.4 Å². The summed E-state index contributed by atoms with van der Waals surface area (Å²) in [6, 6.07) is 8.28. The average molecular weight is 231 g/mol. The second kappa shape index (κ2) is 3.35. The highest BCUT2D eigenvalue weighted by atomic mass is 19.1. The average Bonchev–Trinajstić information content (AvgIpc) is 2.82. The first-order valence-electron chi connectivity index (χ1n) is 5.13. The largest absolute Gasteiger partial charge is 0.451 e. The van der Waals surface area contributed by atoms with Gasteiger partial charge >= 0.3 is 0 Å². The second-order valence-corrected chi connectivity index (χ2v) is 3.85. The van der Waals surface area contributed by atoms with Crippen molar-refractivity contribution in [1.82, 2.24) is 9.78 Å². The van der Waals surface area contributed by atoms with Crippen LogP contribution in [0.15, 0.2) is 34.7 Å². The van der Waals surface area contributed by atoms with Gasteiger partial charge in [-0.1, -0.05) is 12.1 Å². The molecule has 0 aliphatic carbocycles. The van der Waals surface area contributed by atoms with Crippen LogP contribution in [-0.2, 0) is 7.05 Å². The van der Waals surface area contributed by atoms with Crippen molar-refractivity contribution >= 4 is 16.8 Å². The number of rotatable bonds is 1. The zero-order valence-electron chi connectivity index (χ0n) is 9.14. The molecule has 0 atom stereocenters. The molecular weight excluding hydrogens is 221 g/mol. The van der Waals surface area contributed by atoms with Crippen LogP contribution in [0.1, 0.15) is 0 Å². The van der Waals surface area contributed by atoms with Crippen molar-refractivity contribution in [2.24, 2.45) is 7.05 Å². The predicted octanol–water partition coefficient (Wildman–Crippen LogP) is 2.55. The fraction of sp³-hybridized carbons (Fsp3) is 0.0833. The number of nitrogen functional groups attached to an aromatic ring is 1. The second-order valence-electron chi connectivity index (χ2n) is 3.85. The van der Waals surface area contributed by atoms with Gasteiger partial charge in [0.1, 0.15) is 11.5 Å². The topological polar surface area (TPSA) is 57.0 Å². The third-order valence-corrected chi connectivity index (χ3v) is 2.65. The van der Waals surface area contributed by atoms with Crippen LogP contribution in [0.4, 0.5) is 10.2 Å². The van der Waals surface area contributed by atoms with Gasteiger partial charge in [0.25, 0.3) is 0 Å². The minimum atomic E-state index is -0.371. The molecule has 3 rings (SSSR count). The molecule has 0 radical (unpaired) electrons. The number of nitrogens with zero attached hydrogens (tertiary/aromatic N) is 2. The first kappa shape index (κ1) is 9.89. The van der Waals surface area contributed by atoms with E-state index in [9.17, 15) is 4.39 Å². The van der Waals surface area contributed by atoms with E-state index in [0.717, 1.165) is 11.1 Å². The molecule has 2 heterocycles. The third kappa shape index (κ3) is 1.47. The van der Waals surface area contributed by atoms with Crippen LogP contribution in [0, 0.1) is 5.82 Å². The molecule has 86 valence electrons. The number of hydrogen-bond donors (Lipinski definition) is 1. The molecule has 0 saturated carbocycles. The van der Waals surface area contributed by atoms with Crippen molar-refractivity contribution in [3.8, 4) is 11.5 Å². The van der Waals surface area contributed by atoms with Gasteiger partial charge < -0.3 is 10.2 Å². The molecule has 0 bridgehead atoms. The van der Waals surface area contributed by atoms with Gasteiger partial charge in [0, 0.05) is 18.5 Å². The molecule has 0 spiro atoms. The minimum absolute atomic E-state index is 0.252. The minimum Gasteiger partial charge on any atom is -0.451 e. The molecule has 1 aromatic carbocycles. The summed E-state index contributed by atoms with van der Waals surface area (Å²) in [5, 5.41) is 4.74. The monoisotopic (exact) mass is 231 g/mol. The van der Waals surface area contributed by atoms with Crippen molar-refractivity contribution < 1.29 is 8.81 Å². The normalized spacial score (nSPS) is 11.2. The van der Waals surface area contributed by atoms with Gasteiger partial charge in [-0.2, -0.15) is 5.10 Å². The number of halogens is 1. The highest BCUT2D eigenvalue weighted by Crippen LogP contribution is 2.29. The Morgan fingerprint density at radius 1 is 1.35 bits per heavy atom. The van der Waals surface area contributed by atoms with E-state index in [4.69, 9.17) is 10.2 Å². The van der Waals surface area contributed by atoms with E-state index in [1.54, 1.807) is 36.0 Å². The van der Waals surface area contributed by atoms with Crippen LogP contribution in [0.2, 0.25) is 0 Å². The number of para-hydroxylation sites is 1. The smallest absolute Gasteiger partial charge is 0.170 e. The first-order valence-corrected chi connectivity index (χ1v) is 5.13. The van der Waals surface area contributed by atoms with Crippen LogP contribution in [0.3, 0.4) is 0 Å². The number of furan rings is 1. The lowest BCUT2D eigenvalue weighted by Crippen LogP contribution is -1.93. The van der Waals surface area contributed by atoms with Gasteiger partial charge in [-0.15, -0.1) is 0 Å². The summed E-state index contributed by atoms with van der Waals surface area (Å²) in [4.78, 5) is 0. The molecule has 0 saturated heterocycles. The molecule has 2 N–H and O–H groups in total. The molecule has 17 heavy (non-hydrogen) atoms. The molecule has 0 amide bonds. The molecule has 0 aliphatic rings. The number of aryl methyl sites for hydroxylation is 1. The Kier molecular flexibility index (Phi) is 1.95. The summed E-state index contributed by atoms with van der Waals surface area (Å²) in [5.41, 5.74) is 6.57. The highest BCUT2D eigenvalue weighted by Gasteiger charge is 2.13. The Labute approximate surface area is 96.4 Å². The summed E-state index contributed by atoms with van der Waals surface area (Å²) in [7, 11) is 1.76. The number of hydrogen-bond acceptors (Lipinski definition) is 3. The maximum Gasteiger partial charge on any atom is 0.170 e. The molecule has 3 aromatic rings. The van der Waals surface area contributed by atoms with Crippen molar-refractivity contribution in [3.05, 3.63) is 36.1 Å². The van der Waals surface area contributed by atoms with E-state index >= 15 is 0 Å². The summed E-state index contributed by atoms with van der Waals surface area (Å²) in [6.45, 7) is 0. The fourth-order valence-corrected chi connectivity index (χ4v) is 1.87. The van der Waals surface area contributed by atoms with Crippen molar-refractivity contribution in [2.75, 3.05) is 5.73 Å². The number of nitrogens with two attached hydrogens (primary N) is 1. The van der Waals surface area contributed by atoms with E-state index in [2.05, 4.69) is 5.10 Å². The summed E-state index contributed by atoms with van der Waals surface area (Å²) >= 11 is 0. The first-order chi connectivity index (χ1) is 8.15. The molecule has 0 unspecified atom stereocenters. The van der Waals surface area contributed by atoms with Crippen molar-refractivity contribution in [1.29, 1.82) is 0 Å². The van der Waals surface area contributed by atoms with E-state index < -0.39 is 0 Å². The molecule has 0 fully saturated rings. The lowest BCUT2D eigenvalue weighted by Gasteiger charge is -1.95. The highest BCUT2D eigenvalue weighted by molar-refractivity contribution is 5.82. The van der Waals surface area contributed by atoms with Crippen LogP contribution in [0.5, 0.6) is 0 Å². The lowest BCUT2D eigenvalue weighted by molar-refractivity contribution is 0.564. The fourth-order valence-electron chi connectivity index (χ4n) is 1.87. The zero-order chi connectivity index (χ0) is 12.0. The Morgan fingerprint density at radius 3 is 2.82 bits per heavy atom. The molecule has 2 aromatic heterocycles. The number of aromatic nitrogens is 2. The van der Waals surface area contributed by atoms with Gasteiger partial charge in [0.05, 0.1) is 0 Å². The van der Waals surface area contributed by atoms with Crippen molar-refractivity contribution in [2.45, 2.75) is 0 Å². The summed E-state index contributed by atoms with van der Waals surface area (Å²) in [5.74, 6) is 0.587. The van der Waals surface area contributed by atoms with Crippen LogP contribution >= 0.6 is 0 Å². The molecular formula is C12H10FN3O. The standard InChI is InChI=1S/C12H10FN3O/c1-16-9(6-11(14)15-16)10-5-7-3-2-4-8(13)12(7)17-10/h2-6H,1H3,(H2,14,15). The Morgan fingerprint density at radius 2 is 2.18 bits per heavy atom. The number of benzene rings is 1. The van der Waals surface area contributed by atoms with Gasteiger partial charge in [-0.25, -0.2) is 4.39 Å². The van der Waals surface area contributed by atoms with E-state index in [-0.39, 0.29) is 11.4 Å². The Hall–Kier alpha value is -2.30. The maximum absolute atomic E-state index is 13.5. The molecule has 0 aliphatic heterocycles. The molecule has 4 nitrogen and oxygen atoms in total. The maximum atomic E-state index is 13.5. The lowest BCUT2D eigenvalue weighted by atomic mass is 10.2. The van der Waals surface area contributed by atoms with Crippen LogP contribution < -0.4 is 5.73 Å². The predicted molar refractivity (Wildman–Crippen MR) is 62.8 cm³/mol. The Bertz CT molecular complexity index is 699. The summed E-state index contributed by atoms with van der Waals surface area (Å²) < 4.78 is 20.6. The van der Waals surface area contributed by atoms with Gasteiger partial charge in [-0.3, -0.25) is 4.68 Å². The number of fused-ring (bicyclic) bond motifs is 1. The number of anilines is 1.